The highest BCUT2D eigenvalue weighted by molar-refractivity contribution is 5.85. The van der Waals surface area contributed by atoms with Gasteiger partial charge in [-0.1, -0.05) is 12.1 Å². The van der Waals surface area contributed by atoms with E-state index < -0.39 is 4.92 Å². The molecule has 0 saturated carbocycles. The van der Waals surface area contributed by atoms with Gasteiger partial charge in [-0.05, 0) is 19.4 Å². The first kappa shape index (κ1) is 19.1. The average Bonchev–Trinajstić information content (AvgIpc) is 2.38. The van der Waals surface area contributed by atoms with Crippen LogP contribution in [0.4, 0.5) is 5.69 Å². The number of para-hydroxylation sites is 2. The molecule has 0 fully saturated rings. The van der Waals surface area contributed by atoms with Crippen LogP contribution in [0.25, 0.3) is 0 Å². The Labute approximate surface area is 129 Å². The molecule has 7 nitrogen and oxygen atoms in total. The first-order valence-electron chi connectivity index (χ1n) is 6.39. The smallest absolute Gasteiger partial charge is 0.310 e. The summed E-state index contributed by atoms with van der Waals surface area (Å²) in [6.07, 6.45) is 0.849. The third-order valence-electron chi connectivity index (χ3n) is 2.57. The van der Waals surface area contributed by atoms with Gasteiger partial charge in [-0.3, -0.25) is 14.9 Å². The Hall–Kier alpha value is -1.86. The van der Waals surface area contributed by atoms with Crippen LogP contribution in [0.3, 0.4) is 0 Å². The minimum atomic E-state index is -0.516. The summed E-state index contributed by atoms with van der Waals surface area (Å²) < 4.78 is 5.27. The molecule has 0 aliphatic heterocycles. The number of nitro groups is 1. The summed E-state index contributed by atoms with van der Waals surface area (Å²) in [7, 11) is 0. The molecule has 0 aliphatic carbocycles. The Bertz CT molecular complexity index is 468. The number of rotatable bonds is 8. The number of halogens is 1. The number of hydrogen-bond donors (Lipinski definition) is 2. The summed E-state index contributed by atoms with van der Waals surface area (Å²) in [5.74, 6) is 0.00474. The molecule has 0 aromatic heterocycles. The first-order valence-corrected chi connectivity index (χ1v) is 6.39. The molecule has 1 atom stereocenters. The molecule has 1 rings (SSSR count). The molecule has 0 saturated heterocycles. The minimum absolute atomic E-state index is 0. The second kappa shape index (κ2) is 9.95. The van der Waals surface area contributed by atoms with E-state index in [0.717, 1.165) is 0 Å². The maximum Gasteiger partial charge on any atom is 0.310 e. The topological polar surface area (TPSA) is 107 Å². The zero-order valence-electron chi connectivity index (χ0n) is 11.8. The number of carbonyl (C=O) groups excluding carboxylic acids is 1. The Morgan fingerprint density at radius 2 is 2.14 bits per heavy atom. The van der Waals surface area contributed by atoms with Crippen molar-refractivity contribution in [3.63, 3.8) is 0 Å². The fraction of sp³-hybridized carbons (Fsp3) is 0.462. The highest BCUT2D eigenvalue weighted by atomic mass is 35.5. The number of carbonyl (C=O) groups is 1. The monoisotopic (exact) mass is 317 g/mol. The zero-order valence-corrected chi connectivity index (χ0v) is 12.6. The van der Waals surface area contributed by atoms with Crippen LogP contribution in [0.2, 0.25) is 0 Å². The second-order valence-corrected chi connectivity index (χ2v) is 4.44. The summed E-state index contributed by atoms with van der Waals surface area (Å²) in [6.45, 7) is 2.47. The summed E-state index contributed by atoms with van der Waals surface area (Å²) in [4.78, 5) is 21.7. The Morgan fingerprint density at radius 3 is 2.76 bits per heavy atom. The summed E-state index contributed by atoms with van der Waals surface area (Å²) in [6, 6.07) is 6.11. The van der Waals surface area contributed by atoms with Crippen LogP contribution in [0.5, 0.6) is 5.75 Å². The van der Waals surface area contributed by atoms with Gasteiger partial charge in [-0.15, -0.1) is 12.4 Å². The lowest BCUT2D eigenvalue weighted by Crippen LogP contribution is -2.29. The van der Waals surface area contributed by atoms with Crippen LogP contribution in [0.15, 0.2) is 24.3 Å². The maximum absolute atomic E-state index is 11.5. The second-order valence-electron chi connectivity index (χ2n) is 4.44. The van der Waals surface area contributed by atoms with Gasteiger partial charge in [0.25, 0.3) is 0 Å². The van der Waals surface area contributed by atoms with Crippen molar-refractivity contribution in [3.8, 4) is 5.75 Å². The van der Waals surface area contributed by atoms with Crippen LogP contribution < -0.4 is 15.8 Å². The number of hydrogen-bond acceptors (Lipinski definition) is 5. The van der Waals surface area contributed by atoms with Gasteiger partial charge in [0, 0.05) is 18.7 Å². The average molecular weight is 318 g/mol. The van der Waals surface area contributed by atoms with Crippen LogP contribution >= 0.6 is 12.4 Å². The Morgan fingerprint density at radius 1 is 1.48 bits per heavy atom. The zero-order chi connectivity index (χ0) is 15.0. The van der Waals surface area contributed by atoms with Gasteiger partial charge in [0.1, 0.15) is 0 Å². The summed E-state index contributed by atoms with van der Waals surface area (Å²) in [5.41, 5.74) is 5.45. The van der Waals surface area contributed by atoms with Gasteiger partial charge in [0.05, 0.1) is 18.0 Å². The molecule has 1 unspecified atom stereocenters. The van der Waals surface area contributed by atoms with E-state index in [-0.39, 0.29) is 48.8 Å². The largest absolute Gasteiger partial charge is 0.486 e. The lowest BCUT2D eigenvalue weighted by Gasteiger charge is -2.08. The van der Waals surface area contributed by atoms with Crippen molar-refractivity contribution in [1.29, 1.82) is 0 Å². The number of nitro benzene ring substituents is 1. The lowest BCUT2D eigenvalue weighted by atomic mass is 10.2. The van der Waals surface area contributed by atoms with Crippen LogP contribution in [-0.2, 0) is 4.79 Å². The maximum atomic E-state index is 11.5. The fourth-order valence-electron chi connectivity index (χ4n) is 1.51. The molecule has 3 N–H and O–H groups in total. The molecular weight excluding hydrogens is 298 g/mol. The Kier molecular flexibility index (Phi) is 9.07. The Balaban J connectivity index is 0.00000400. The van der Waals surface area contributed by atoms with E-state index in [9.17, 15) is 14.9 Å². The highest BCUT2D eigenvalue weighted by Gasteiger charge is 2.13. The van der Waals surface area contributed by atoms with E-state index in [1.54, 1.807) is 12.1 Å². The number of nitrogens with zero attached hydrogens (tertiary/aromatic N) is 1. The van der Waals surface area contributed by atoms with Crippen LogP contribution in [-0.4, -0.2) is 30.0 Å². The van der Waals surface area contributed by atoms with Crippen LogP contribution in [0.1, 0.15) is 19.8 Å². The van der Waals surface area contributed by atoms with Crippen molar-refractivity contribution in [2.75, 3.05) is 13.2 Å². The molecule has 0 heterocycles. The molecule has 8 heteroatoms. The molecule has 0 aliphatic rings. The van der Waals surface area contributed by atoms with E-state index in [1.807, 2.05) is 6.92 Å². The highest BCUT2D eigenvalue weighted by Crippen LogP contribution is 2.25. The molecule has 21 heavy (non-hydrogen) atoms. The van der Waals surface area contributed by atoms with E-state index in [1.165, 1.54) is 12.1 Å². The molecule has 0 spiro atoms. The quantitative estimate of drug-likeness (QED) is 0.560. The standard InChI is InChI=1S/C13H19N3O4.ClH/c1-10(14)6-8-15-13(17)7-9-20-12-5-3-2-4-11(12)16(18)19;/h2-5,10H,6-9,14H2,1H3,(H,15,17);1H. The molecule has 0 bridgehead atoms. The van der Waals surface area contributed by atoms with Gasteiger partial charge in [0.15, 0.2) is 5.75 Å². The van der Waals surface area contributed by atoms with Crippen molar-refractivity contribution in [2.24, 2.45) is 5.73 Å². The molecule has 0 radical (unpaired) electrons. The number of amides is 1. The van der Waals surface area contributed by atoms with Crippen molar-refractivity contribution in [2.45, 2.75) is 25.8 Å². The van der Waals surface area contributed by atoms with Crippen molar-refractivity contribution in [1.82, 2.24) is 5.32 Å². The van der Waals surface area contributed by atoms with E-state index in [2.05, 4.69) is 5.32 Å². The van der Waals surface area contributed by atoms with Crippen molar-refractivity contribution >= 4 is 24.0 Å². The number of nitrogens with one attached hydrogen (secondary N) is 1. The number of nitrogens with two attached hydrogens (primary N) is 1. The summed E-state index contributed by atoms with van der Waals surface area (Å²) >= 11 is 0. The van der Waals surface area contributed by atoms with Crippen LogP contribution in [0, 0.1) is 10.1 Å². The third kappa shape index (κ3) is 7.48. The van der Waals surface area contributed by atoms with Gasteiger partial charge < -0.3 is 15.8 Å². The third-order valence-corrected chi connectivity index (χ3v) is 2.57. The predicted octanol–water partition coefficient (Wildman–Crippen LogP) is 1.64. The normalized spacial score (nSPS) is 11.1. The number of ether oxygens (including phenoxy) is 1. The fourth-order valence-corrected chi connectivity index (χ4v) is 1.51. The first-order chi connectivity index (χ1) is 9.50. The SMILES string of the molecule is CC(N)CCNC(=O)CCOc1ccccc1[N+](=O)[O-].Cl. The van der Waals surface area contributed by atoms with E-state index in [4.69, 9.17) is 10.5 Å². The minimum Gasteiger partial charge on any atom is -0.486 e. The molecule has 118 valence electrons. The number of benzene rings is 1. The van der Waals surface area contributed by atoms with Crippen molar-refractivity contribution < 1.29 is 14.5 Å². The van der Waals surface area contributed by atoms with Gasteiger partial charge in [-0.2, -0.15) is 0 Å². The van der Waals surface area contributed by atoms with E-state index in [0.29, 0.717) is 13.0 Å². The molecular formula is C13H20ClN3O4. The van der Waals surface area contributed by atoms with Gasteiger partial charge in [-0.25, -0.2) is 0 Å². The molecule has 1 aromatic rings. The van der Waals surface area contributed by atoms with Crippen molar-refractivity contribution in [3.05, 3.63) is 34.4 Å². The predicted molar refractivity (Wildman–Crippen MR) is 81.7 cm³/mol. The van der Waals surface area contributed by atoms with Gasteiger partial charge >= 0.3 is 5.69 Å². The summed E-state index contributed by atoms with van der Waals surface area (Å²) in [5, 5.41) is 13.5. The van der Waals surface area contributed by atoms with Gasteiger partial charge in [0.2, 0.25) is 5.91 Å². The lowest BCUT2D eigenvalue weighted by molar-refractivity contribution is -0.385. The molecule has 1 amide bonds. The molecule has 1 aromatic carbocycles. The van der Waals surface area contributed by atoms with E-state index >= 15 is 0 Å².